The third-order valence-corrected chi connectivity index (χ3v) is 6.32. The van der Waals surface area contributed by atoms with Crippen molar-refractivity contribution in [2.75, 3.05) is 12.4 Å². The van der Waals surface area contributed by atoms with Gasteiger partial charge in [-0.3, -0.25) is 14.2 Å². The highest BCUT2D eigenvalue weighted by Crippen LogP contribution is 2.28. The number of fused-ring (bicyclic) bond motifs is 1. The number of benzene rings is 1. The Morgan fingerprint density at radius 1 is 1.27 bits per heavy atom. The van der Waals surface area contributed by atoms with E-state index < -0.39 is 0 Å². The Morgan fingerprint density at radius 2 is 1.96 bits per heavy atom. The molecule has 0 spiro atoms. The van der Waals surface area contributed by atoms with Crippen molar-refractivity contribution in [3.05, 3.63) is 50.6 Å². The highest BCUT2D eigenvalue weighted by Gasteiger charge is 2.16. The molecule has 0 saturated carbocycles. The summed E-state index contributed by atoms with van der Waals surface area (Å²) >= 11 is 2.80. The second-order valence-electron chi connectivity index (χ2n) is 5.89. The molecule has 0 aliphatic rings. The number of nitrogens with zero attached hydrogens (tertiary/aromatic N) is 2. The number of Topliss-reactive ketones (excluding diaryl/α,β-unsaturated/α-hetero) is 1. The molecule has 3 rings (SSSR count). The van der Waals surface area contributed by atoms with Gasteiger partial charge in [0, 0.05) is 17.5 Å². The Labute approximate surface area is 160 Å². The zero-order chi connectivity index (χ0) is 18.8. The zero-order valence-corrected chi connectivity index (χ0v) is 16.8. The molecule has 0 atom stereocenters. The highest BCUT2D eigenvalue weighted by molar-refractivity contribution is 7.99. The largest absolute Gasteiger partial charge is 0.494 e. The normalized spacial score (nSPS) is 11.1. The van der Waals surface area contributed by atoms with Gasteiger partial charge in [-0.25, -0.2) is 4.98 Å². The first-order valence-corrected chi connectivity index (χ1v) is 10.1. The third-order valence-electron chi connectivity index (χ3n) is 4.19. The Hall–Kier alpha value is -2.12. The van der Waals surface area contributed by atoms with Crippen LogP contribution in [-0.2, 0) is 7.05 Å². The van der Waals surface area contributed by atoms with Crippen molar-refractivity contribution in [3.8, 4) is 5.75 Å². The monoisotopic (exact) mass is 388 g/mol. The van der Waals surface area contributed by atoms with Gasteiger partial charge in [-0.05, 0) is 50.6 Å². The molecule has 2 heterocycles. The molecule has 0 aliphatic heterocycles. The third kappa shape index (κ3) is 3.54. The maximum absolute atomic E-state index is 12.6. The fraction of sp³-hybridized carbons (Fsp3) is 0.316. The van der Waals surface area contributed by atoms with Crippen molar-refractivity contribution < 1.29 is 9.53 Å². The van der Waals surface area contributed by atoms with E-state index in [1.54, 1.807) is 31.3 Å². The van der Waals surface area contributed by atoms with E-state index in [1.807, 2.05) is 20.8 Å². The van der Waals surface area contributed by atoms with E-state index in [0.717, 1.165) is 21.0 Å². The van der Waals surface area contributed by atoms with Crippen LogP contribution in [0.5, 0.6) is 5.75 Å². The Kier molecular flexibility index (Phi) is 5.48. The summed E-state index contributed by atoms with van der Waals surface area (Å²) in [6, 6.07) is 7.10. The summed E-state index contributed by atoms with van der Waals surface area (Å²) in [7, 11) is 1.70. The highest BCUT2D eigenvalue weighted by atomic mass is 32.2. The van der Waals surface area contributed by atoms with Crippen LogP contribution in [0, 0.1) is 13.8 Å². The van der Waals surface area contributed by atoms with E-state index in [-0.39, 0.29) is 17.1 Å². The number of carbonyl (C=O) groups excluding carboxylic acids is 1. The molecular weight excluding hydrogens is 368 g/mol. The number of rotatable bonds is 6. The minimum Gasteiger partial charge on any atom is -0.494 e. The van der Waals surface area contributed by atoms with Crippen molar-refractivity contribution in [1.82, 2.24) is 9.55 Å². The SMILES string of the molecule is CCOc1ccc(C(=O)CSc2nc3sc(C)c(C)c3c(=O)n2C)cc1. The van der Waals surface area contributed by atoms with Crippen LogP contribution in [0.2, 0.25) is 0 Å². The summed E-state index contributed by atoms with van der Waals surface area (Å²) < 4.78 is 6.91. The fourth-order valence-corrected chi connectivity index (χ4v) is 4.54. The predicted molar refractivity (Wildman–Crippen MR) is 107 cm³/mol. The first kappa shape index (κ1) is 18.7. The molecule has 0 unspecified atom stereocenters. The number of ketones is 1. The number of ether oxygens (including phenoxy) is 1. The van der Waals surface area contributed by atoms with Gasteiger partial charge in [-0.2, -0.15) is 0 Å². The number of aromatic nitrogens is 2. The molecular formula is C19H20N2O3S2. The average molecular weight is 389 g/mol. The molecule has 0 saturated heterocycles. The molecule has 0 N–H and O–H groups in total. The van der Waals surface area contributed by atoms with E-state index in [0.29, 0.717) is 22.7 Å². The molecule has 5 nitrogen and oxygen atoms in total. The van der Waals surface area contributed by atoms with Crippen LogP contribution in [0.25, 0.3) is 10.2 Å². The molecule has 7 heteroatoms. The predicted octanol–water partition coefficient (Wildman–Crippen LogP) is 3.99. The Balaban J connectivity index is 1.80. The van der Waals surface area contributed by atoms with Gasteiger partial charge in [0.2, 0.25) is 0 Å². The lowest BCUT2D eigenvalue weighted by Crippen LogP contribution is -2.20. The first-order chi connectivity index (χ1) is 12.4. The van der Waals surface area contributed by atoms with Crippen molar-refractivity contribution in [2.45, 2.75) is 25.9 Å². The van der Waals surface area contributed by atoms with Gasteiger partial charge in [0.25, 0.3) is 5.56 Å². The molecule has 136 valence electrons. The molecule has 1 aromatic carbocycles. The van der Waals surface area contributed by atoms with Gasteiger partial charge in [-0.15, -0.1) is 11.3 Å². The number of aryl methyl sites for hydroxylation is 2. The van der Waals surface area contributed by atoms with Crippen molar-refractivity contribution in [3.63, 3.8) is 0 Å². The van der Waals surface area contributed by atoms with Crippen LogP contribution in [-0.4, -0.2) is 27.7 Å². The Morgan fingerprint density at radius 3 is 2.62 bits per heavy atom. The minimum atomic E-state index is -0.0622. The maximum Gasteiger partial charge on any atom is 0.262 e. The number of thiophene rings is 1. The second kappa shape index (κ2) is 7.63. The Bertz CT molecular complexity index is 1020. The fourth-order valence-electron chi connectivity index (χ4n) is 2.60. The molecule has 2 aromatic heterocycles. The summed E-state index contributed by atoms with van der Waals surface area (Å²) in [5, 5.41) is 1.24. The van der Waals surface area contributed by atoms with Gasteiger partial charge in [-0.1, -0.05) is 11.8 Å². The smallest absolute Gasteiger partial charge is 0.262 e. The van der Waals surface area contributed by atoms with Gasteiger partial charge in [0.1, 0.15) is 10.6 Å². The van der Waals surface area contributed by atoms with Crippen LogP contribution < -0.4 is 10.3 Å². The molecule has 26 heavy (non-hydrogen) atoms. The summed E-state index contributed by atoms with van der Waals surface area (Å²) in [6.07, 6.45) is 0. The van der Waals surface area contributed by atoms with E-state index >= 15 is 0 Å². The molecule has 0 bridgehead atoms. The molecule has 0 amide bonds. The lowest BCUT2D eigenvalue weighted by Gasteiger charge is -2.07. The number of hydrogen-bond donors (Lipinski definition) is 0. The second-order valence-corrected chi connectivity index (χ2v) is 8.04. The van der Waals surface area contributed by atoms with Crippen molar-refractivity contribution in [2.24, 2.45) is 7.05 Å². The number of thioether (sulfide) groups is 1. The standard InChI is InChI=1S/C19H20N2O3S2/c1-5-24-14-8-6-13(7-9-14)15(22)10-25-19-20-17-16(18(23)21(19)4)11(2)12(3)26-17/h6-9H,5,10H2,1-4H3. The molecule has 0 aliphatic carbocycles. The van der Waals surface area contributed by atoms with Gasteiger partial charge in [0.05, 0.1) is 17.7 Å². The van der Waals surface area contributed by atoms with Crippen molar-refractivity contribution in [1.29, 1.82) is 0 Å². The topological polar surface area (TPSA) is 61.2 Å². The summed E-state index contributed by atoms with van der Waals surface area (Å²) in [5.41, 5.74) is 1.54. The van der Waals surface area contributed by atoms with Gasteiger partial charge < -0.3 is 4.74 Å². The lowest BCUT2D eigenvalue weighted by atomic mass is 10.1. The molecule has 0 fully saturated rings. The lowest BCUT2D eigenvalue weighted by molar-refractivity contribution is 0.102. The maximum atomic E-state index is 12.6. The number of hydrogen-bond acceptors (Lipinski definition) is 6. The summed E-state index contributed by atoms with van der Waals surface area (Å²) in [6.45, 7) is 6.44. The summed E-state index contributed by atoms with van der Waals surface area (Å²) in [5.74, 6) is 0.962. The van der Waals surface area contributed by atoms with Crippen LogP contribution in [0.3, 0.4) is 0 Å². The zero-order valence-electron chi connectivity index (χ0n) is 15.2. The van der Waals surface area contributed by atoms with Gasteiger partial charge >= 0.3 is 0 Å². The quantitative estimate of drug-likeness (QED) is 0.363. The van der Waals surface area contributed by atoms with E-state index in [2.05, 4.69) is 4.98 Å². The van der Waals surface area contributed by atoms with E-state index in [1.165, 1.54) is 27.7 Å². The van der Waals surface area contributed by atoms with E-state index in [9.17, 15) is 9.59 Å². The number of carbonyl (C=O) groups is 1. The molecule has 0 radical (unpaired) electrons. The van der Waals surface area contributed by atoms with Crippen LogP contribution in [0.15, 0.2) is 34.2 Å². The average Bonchev–Trinajstić information content (AvgIpc) is 2.91. The van der Waals surface area contributed by atoms with Crippen LogP contribution in [0.4, 0.5) is 0 Å². The first-order valence-electron chi connectivity index (χ1n) is 8.28. The molecule has 3 aromatic rings. The van der Waals surface area contributed by atoms with Crippen LogP contribution in [0.1, 0.15) is 27.7 Å². The van der Waals surface area contributed by atoms with Gasteiger partial charge in [0.15, 0.2) is 10.9 Å². The van der Waals surface area contributed by atoms with E-state index in [4.69, 9.17) is 4.74 Å². The summed E-state index contributed by atoms with van der Waals surface area (Å²) in [4.78, 5) is 31.5. The minimum absolute atomic E-state index is 0.00839. The van der Waals surface area contributed by atoms with Crippen LogP contribution >= 0.6 is 23.1 Å². The van der Waals surface area contributed by atoms with Crippen molar-refractivity contribution >= 4 is 39.1 Å².